The van der Waals surface area contributed by atoms with E-state index in [1.54, 1.807) is 41.6 Å². The summed E-state index contributed by atoms with van der Waals surface area (Å²) < 4.78 is 5.55. The fraction of sp³-hybridized carbons (Fsp3) is 0.263. The highest BCUT2D eigenvalue weighted by Crippen LogP contribution is 2.23. The van der Waals surface area contributed by atoms with Gasteiger partial charge in [0.1, 0.15) is 11.8 Å². The number of nitrogens with zero attached hydrogens (tertiary/aromatic N) is 3. The van der Waals surface area contributed by atoms with E-state index in [-0.39, 0.29) is 5.91 Å². The van der Waals surface area contributed by atoms with Gasteiger partial charge in [0.2, 0.25) is 0 Å². The second-order valence-electron chi connectivity index (χ2n) is 6.29. The highest BCUT2D eigenvalue weighted by atomic mass is 16.5. The van der Waals surface area contributed by atoms with Gasteiger partial charge in [-0.2, -0.15) is 5.10 Å². The third kappa shape index (κ3) is 3.15. The average molecular weight is 350 g/mol. The number of carbonyl (C=O) groups excluding carboxylic acids is 2. The van der Waals surface area contributed by atoms with Crippen molar-refractivity contribution in [1.29, 1.82) is 0 Å². The summed E-state index contributed by atoms with van der Waals surface area (Å²) in [5.74, 6) is -0.171. The predicted octanol–water partition coefficient (Wildman–Crippen LogP) is 2.56. The number of pyridine rings is 1. The zero-order chi connectivity index (χ0) is 17.9. The van der Waals surface area contributed by atoms with Crippen LogP contribution in [-0.2, 0) is 4.79 Å². The van der Waals surface area contributed by atoms with Crippen LogP contribution in [0.5, 0.6) is 5.75 Å². The van der Waals surface area contributed by atoms with Gasteiger partial charge in [-0.25, -0.2) is 4.79 Å². The number of rotatable bonds is 3. The van der Waals surface area contributed by atoms with Crippen molar-refractivity contribution in [3.63, 3.8) is 0 Å². The third-order valence-electron chi connectivity index (χ3n) is 4.58. The second kappa shape index (κ2) is 6.95. The van der Waals surface area contributed by atoms with Crippen molar-refractivity contribution < 1.29 is 14.3 Å². The van der Waals surface area contributed by atoms with E-state index in [1.807, 2.05) is 6.07 Å². The summed E-state index contributed by atoms with van der Waals surface area (Å²) in [6.07, 6.45) is 7.19. The number of aromatic nitrogens is 3. The number of ether oxygens (including phenoxy) is 1. The minimum atomic E-state index is -0.589. The summed E-state index contributed by atoms with van der Waals surface area (Å²) in [5, 5.41) is 7.75. The van der Waals surface area contributed by atoms with Crippen molar-refractivity contribution in [2.24, 2.45) is 0 Å². The van der Waals surface area contributed by atoms with Crippen molar-refractivity contribution in [2.75, 3.05) is 6.54 Å². The molecular weight excluding hydrogens is 332 g/mol. The quantitative estimate of drug-likeness (QED) is 0.579. The largest absolute Gasteiger partial charge is 0.425 e. The molecule has 26 heavy (non-hydrogen) atoms. The summed E-state index contributed by atoms with van der Waals surface area (Å²) in [4.78, 5) is 31.1. The molecule has 1 atom stereocenters. The van der Waals surface area contributed by atoms with Gasteiger partial charge in [-0.15, -0.1) is 0 Å². The Balaban J connectivity index is 1.53. The zero-order valence-corrected chi connectivity index (χ0v) is 14.1. The molecule has 1 fully saturated rings. The molecule has 1 amide bonds. The lowest BCUT2D eigenvalue weighted by Gasteiger charge is -2.34. The smallest absolute Gasteiger partial charge is 0.334 e. The van der Waals surface area contributed by atoms with E-state index in [9.17, 15) is 9.59 Å². The molecule has 1 unspecified atom stereocenters. The minimum absolute atomic E-state index is 0.191. The van der Waals surface area contributed by atoms with E-state index in [1.165, 1.54) is 6.20 Å². The number of amides is 1. The number of H-pyrrole nitrogens is 1. The zero-order valence-electron chi connectivity index (χ0n) is 14.1. The molecule has 0 bridgehead atoms. The molecule has 1 aromatic carbocycles. The van der Waals surface area contributed by atoms with Crippen molar-refractivity contribution in [3.8, 4) is 5.75 Å². The van der Waals surface area contributed by atoms with Crippen molar-refractivity contribution >= 4 is 22.8 Å². The van der Waals surface area contributed by atoms with Gasteiger partial charge in [-0.3, -0.25) is 14.9 Å². The van der Waals surface area contributed by atoms with Crippen LogP contribution in [0.15, 0.2) is 48.9 Å². The van der Waals surface area contributed by atoms with Gasteiger partial charge < -0.3 is 9.64 Å². The van der Waals surface area contributed by atoms with Crippen LogP contribution in [-0.4, -0.2) is 44.5 Å². The number of benzene rings is 1. The van der Waals surface area contributed by atoms with Crippen LogP contribution in [0.1, 0.15) is 29.6 Å². The first-order valence-electron chi connectivity index (χ1n) is 8.58. The van der Waals surface area contributed by atoms with Gasteiger partial charge in [-0.05, 0) is 43.5 Å². The lowest BCUT2D eigenvalue weighted by molar-refractivity contribution is -0.140. The SMILES string of the molecule is O=C(Oc1ccc2cn[nH]c2c1)C1CCCCN1C(=O)c1cccnc1. The maximum atomic E-state index is 12.8. The van der Waals surface area contributed by atoms with Crippen LogP contribution in [0.3, 0.4) is 0 Å². The van der Waals surface area contributed by atoms with E-state index in [4.69, 9.17) is 4.74 Å². The Morgan fingerprint density at radius 2 is 2.12 bits per heavy atom. The van der Waals surface area contributed by atoms with Crippen LogP contribution in [0.25, 0.3) is 10.9 Å². The Morgan fingerprint density at radius 1 is 1.19 bits per heavy atom. The standard InChI is InChI=1S/C19H18N4O3/c24-18(14-4-3-8-20-11-14)23-9-2-1-5-17(23)19(25)26-15-7-6-13-12-21-22-16(13)10-15/h3-4,6-8,10-12,17H,1-2,5,9H2,(H,21,22). The second-order valence-corrected chi connectivity index (χ2v) is 6.29. The number of hydrogen-bond donors (Lipinski definition) is 1. The third-order valence-corrected chi connectivity index (χ3v) is 4.58. The number of esters is 1. The number of likely N-dealkylation sites (tertiary alicyclic amines) is 1. The first kappa shape index (κ1) is 16.3. The van der Waals surface area contributed by atoms with Gasteiger partial charge in [-0.1, -0.05) is 0 Å². The van der Waals surface area contributed by atoms with E-state index >= 15 is 0 Å². The molecule has 2 aromatic heterocycles. The number of fused-ring (bicyclic) bond motifs is 1. The van der Waals surface area contributed by atoms with Gasteiger partial charge in [0.25, 0.3) is 5.91 Å². The van der Waals surface area contributed by atoms with Crippen molar-refractivity contribution in [1.82, 2.24) is 20.1 Å². The maximum absolute atomic E-state index is 12.8. The molecular formula is C19H18N4O3. The summed E-state index contributed by atoms with van der Waals surface area (Å²) in [7, 11) is 0. The summed E-state index contributed by atoms with van der Waals surface area (Å²) in [6, 6.07) is 8.13. The molecule has 1 aliphatic heterocycles. The number of nitrogens with one attached hydrogen (secondary N) is 1. The fourth-order valence-electron chi connectivity index (χ4n) is 3.24. The molecule has 0 aliphatic carbocycles. The van der Waals surface area contributed by atoms with Crippen LogP contribution >= 0.6 is 0 Å². The molecule has 3 aromatic rings. The first-order valence-corrected chi connectivity index (χ1v) is 8.58. The van der Waals surface area contributed by atoms with Gasteiger partial charge >= 0.3 is 5.97 Å². The van der Waals surface area contributed by atoms with E-state index < -0.39 is 12.0 Å². The van der Waals surface area contributed by atoms with Crippen molar-refractivity contribution in [3.05, 3.63) is 54.5 Å². The molecule has 1 N–H and O–H groups in total. The van der Waals surface area contributed by atoms with E-state index in [2.05, 4.69) is 15.2 Å². The van der Waals surface area contributed by atoms with E-state index in [0.717, 1.165) is 23.7 Å². The molecule has 0 radical (unpaired) electrons. The Hall–Kier alpha value is -3.22. The fourth-order valence-corrected chi connectivity index (χ4v) is 3.24. The molecule has 1 saturated heterocycles. The Morgan fingerprint density at radius 3 is 2.96 bits per heavy atom. The summed E-state index contributed by atoms with van der Waals surface area (Å²) in [6.45, 7) is 0.535. The Kier molecular flexibility index (Phi) is 4.35. The minimum Gasteiger partial charge on any atom is -0.425 e. The topological polar surface area (TPSA) is 88.2 Å². The highest BCUT2D eigenvalue weighted by Gasteiger charge is 2.34. The first-order chi connectivity index (χ1) is 12.7. The lowest BCUT2D eigenvalue weighted by Crippen LogP contribution is -2.49. The molecule has 7 nitrogen and oxygen atoms in total. The average Bonchev–Trinajstić information content (AvgIpc) is 3.16. The molecule has 132 valence electrons. The molecule has 0 spiro atoms. The molecule has 3 heterocycles. The maximum Gasteiger partial charge on any atom is 0.334 e. The highest BCUT2D eigenvalue weighted by molar-refractivity contribution is 5.97. The van der Waals surface area contributed by atoms with Crippen LogP contribution in [0.4, 0.5) is 0 Å². The molecule has 0 saturated carbocycles. The van der Waals surface area contributed by atoms with E-state index in [0.29, 0.717) is 24.3 Å². The Labute approximate surface area is 150 Å². The number of carbonyl (C=O) groups is 2. The normalized spacial score (nSPS) is 17.2. The summed E-state index contributed by atoms with van der Waals surface area (Å²) >= 11 is 0. The molecule has 4 rings (SSSR count). The number of hydrogen-bond acceptors (Lipinski definition) is 5. The van der Waals surface area contributed by atoms with Gasteiger partial charge in [0.05, 0.1) is 17.3 Å². The number of aromatic amines is 1. The number of piperidine rings is 1. The van der Waals surface area contributed by atoms with Gasteiger partial charge in [0.15, 0.2) is 0 Å². The molecule has 1 aliphatic rings. The van der Waals surface area contributed by atoms with Gasteiger partial charge in [0, 0.05) is 30.4 Å². The summed E-state index contributed by atoms with van der Waals surface area (Å²) in [5.41, 5.74) is 1.27. The van der Waals surface area contributed by atoms with Crippen LogP contribution < -0.4 is 4.74 Å². The monoisotopic (exact) mass is 350 g/mol. The van der Waals surface area contributed by atoms with Crippen LogP contribution in [0.2, 0.25) is 0 Å². The molecule has 7 heteroatoms. The van der Waals surface area contributed by atoms with Crippen LogP contribution in [0, 0.1) is 0 Å². The predicted molar refractivity (Wildman–Crippen MR) is 94.6 cm³/mol. The lowest BCUT2D eigenvalue weighted by atomic mass is 10.0. The van der Waals surface area contributed by atoms with Crippen molar-refractivity contribution in [2.45, 2.75) is 25.3 Å². The Bertz CT molecular complexity index is 938.